The van der Waals surface area contributed by atoms with Gasteiger partial charge >= 0.3 is 0 Å². The molecule has 1 atom stereocenters. The van der Waals surface area contributed by atoms with Gasteiger partial charge in [-0.2, -0.15) is 0 Å². The summed E-state index contributed by atoms with van der Waals surface area (Å²) < 4.78 is 13.5. The van der Waals surface area contributed by atoms with Crippen molar-refractivity contribution in [3.63, 3.8) is 0 Å². The van der Waals surface area contributed by atoms with Crippen molar-refractivity contribution >= 4 is 17.3 Å². The number of anilines is 1. The summed E-state index contributed by atoms with van der Waals surface area (Å²) in [6.45, 7) is 3.26. The summed E-state index contributed by atoms with van der Waals surface area (Å²) in [6, 6.07) is 5.04. The molecular formula is C14H20ClFN2. The zero-order chi connectivity index (χ0) is 13.1. The minimum Gasteiger partial charge on any atom is -0.374 e. The highest BCUT2D eigenvalue weighted by Gasteiger charge is 2.21. The van der Waals surface area contributed by atoms with E-state index in [4.69, 9.17) is 11.6 Å². The van der Waals surface area contributed by atoms with Gasteiger partial charge in [0.25, 0.3) is 0 Å². The summed E-state index contributed by atoms with van der Waals surface area (Å²) in [5.41, 5.74) is 1.75. The first-order chi connectivity index (χ1) is 8.58. The van der Waals surface area contributed by atoms with E-state index >= 15 is 0 Å². The van der Waals surface area contributed by atoms with Crippen molar-refractivity contribution in [3.8, 4) is 0 Å². The van der Waals surface area contributed by atoms with Gasteiger partial charge < -0.3 is 9.80 Å². The predicted molar refractivity (Wildman–Crippen MR) is 74.8 cm³/mol. The van der Waals surface area contributed by atoms with E-state index in [9.17, 15) is 4.39 Å². The molecule has 0 saturated carbocycles. The number of hydrogen-bond acceptors (Lipinski definition) is 2. The number of likely N-dealkylation sites (tertiary alicyclic amines) is 1. The van der Waals surface area contributed by atoms with Gasteiger partial charge in [-0.25, -0.2) is 4.39 Å². The van der Waals surface area contributed by atoms with Crippen LogP contribution in [0, 0.1) is 11.7 Å². The van der Waals surface area contributed by atoms with Crippen LogP contribution in [0.4, 0.5) is 10.1 Å². The second kappa shape index (κ2) is 5.89. The number of halogens is 2. The van der Waals surface area contributed by atoms with E-state index in [2.05, 4.69) is 16.8 Å². The lowest BCUT2D eigenvalue weighted by atomic mass is 10.1. The predicted octanol–water partition coefficient (Wildman–Crippen LogP) is 2.95. The van der Waals surface area contributed by atoms with Crippen LogP contribution in [0.2, 0.25) is 0 Å². The number of nitrogens with zero attached hydrogens (tertiary/aromatic N) is 2. The van der Waals surface area contributed by atoms with Gasteiger partial charge in [0.05, 0.1) is 0 Å². The Morgan fingerprint density at radius 2 is 2.22 bits per heavy atom. The van der Waals surface area contributed by atoms with Crippen LogP contribution in [-0.4, -0.2) is 38.6 Å². The Hall–Kier alpha value is -0.800. The second-order valence-corrected chi connectivity index (χ2v) is 5.52. The molecule has 100 valence electrons. The molecule has 0 aromatic heterocycles. The molecule has 1 aliphatic heterocycles. The van der Waals surface area contributed by atoms with Crippen LogP contribution >= 0.6 is 11.6 Å². The first-order valence-electron chi connectivity index (χ1n) is 6.33. The topological polar surface area (TPSA) is 6.48 Å². The summed E-state index contributed by atoms with van der Waals surface area (Å²) in [5, 5.41) is 0. The minimum absolute atomic E-state index is 0.210. The fourth-order valence-electron chi connectivity index (χ4n) is 2.60. The van der Waals surface area contributed by atoms with Gasteiger partial charge in [-0.1, -0.05) is 0 Å². The fourth-order valence-corrected chi connectivity index (χ4v) is 2.75. The average molecular weight is 271 g/mol. The Bertz CT molecular complexity index is 411. The van der Waals surface area contributed by atoms with Crippen LogP contribution in [0.25, 0.3) is 0 Å². The van der Waals surface area contributed by atoms with Crippen molar-refractivity contribution in [2.24, 2.45) is 5.92 Å². The van der Waals surface area contributed by atoms with E-state index in [0.717, 1.165) is 30.9 Å². The van der Waals surface area contributed by atoms with Crippen molar-refractivity contribution in [3.05, 3.63) is 29.6 Å². The van der Waals surface area contributed by atoms with Crippen molar-refractivity contribution in [1.29, 1.82) is 0 Å². The monoisotopic (exact) mass is 270 g/mol. The van der Waals surface area contributed by atoms with E-state index in [0.29, 0.717) is 11.8 Å². The van der Waals surface area contributed by atoms with E-state index in [1.165, 1.54) is 12.5 Å². The quantitative estimate of drug-likeness (QED) is 0.776. The fraction of sp³-hybridized carbons (Fsp3) is 0.571. The second-order valence-electron chi connectivity index (χ2n) is 5.25. The molecule has 0 N–H and O–H groups in total. The molecule has 1 aliphatic rings. The molecular weight excluding hydrogens is 251 g/mol. The van der Waals surface area contributed by atoms with Gasteiger partial charge in [0.2, 0.25) is 0 Å². The van der Waals surface area contributed by atoms with E-state index < -0.39 is 0 Å². The number of benzene rings is 1. The smallest absolute Gasteiger partial charge is 0.125 e. The highest BCUT2D eigenvalue weighted by Crippen LogP contribution is 2.22. The summed E-state index contributed by atoms with van der Waals surface area (Å²) in [4.78, 5) is 4.47. The largest absolute Gasteiger partial charge is 0.374 e. The van der Waals surface area contributed by atoms with Gasteiger partial charge in [0.15, 0.2) is 0 Å². The molecule has 1 heterocycles. The van der Waals surface area contributed by atoms with Crippen LogP contribution in [0.1, 0.15) is 12.0 Å². The van der Waals surface area contributed by atoms with Crippen LogP contribution in [0.3, 0.4) is 0 Å². The lowest BCUT2D eigenvalue weighted by Gasteiger charge is -2.23. The van der Waals surface area contributed by atoms with E-state index in [-0.39, 0.29) is 5.82 Å². The summed E-state index contributed by atoms with van der Waals surface area (Å²) in [7, 11) is 4.17. The molecule has 0 amide bonds. The molecule has 1 aromatic carbocycles. The Balaban J connectivity index is 2.03. The molecule has 1 unspecified atom stereocenters. The van der Waals surface area contributed by atoms with Crippen molar-refractivity contribution in [2.45, 2.75) is 12.3 Å². The third kappa shape index (κ3) is 3.36. The summed E-state index contributed by atoms with van der Waals surface area (Å²) in [5.74, 6) is 0.811. The number of alkyl halides is 1. The minimum atomic E-state index is -0.210. The van der Waals surface area contributed by atoms with Crippen molar-refractivity contribution < 1.29 is 4.39 Å². The maximum atomic E-state index is 13.5. The molecule has 18 heavy (non-hydrogen) atoms. The summed E-state index contributed by atoms with van der Waals surface area (Å²) in [6.07, 6.45) is 1.22. The van der Waals surface area contributed by atoms with Gasteiger partial charge in [-0.15, -0.1) is 11.6 Å². The Morgan fingerprint density at radius 3 is 2.83 bits per heavy atom. The number of hydrogen-bond donors (Lipinski definition) is 0. The molecule has 1 fully saturated rings. The van der Waals surface area contributed by atoms with Gasteiger partial charge in [0, 0.05) is 31.7 Å². The average Bonchev–Trinajstić information content (AvgIpc) is 2.73. The van der Waals surface area contributed by atoms with E-state index in [1.807, 2.05) is 13.1 Å². The highest BCUT2D eigenvalue weighted by molar-refractivity contribution is 6.17. The van der Waals surface area contributed by atoms with Crippen LogP contribution in [-0.2, 0) is 5.88 Å². The van der Waals surface area contributed by atoms with Crippen molar-refractivity contribution in [2.75, 3.05) is 38.6 Å². The maximum absolute atomic E-state index is 13.5. The number of rotatable bonds is 4. The maximum Gasteiger partial charge on any atom is 0.125 e. The Morgan fingerprint density at radius 1 is 1.44 bits per heavy atom. The lowest BCUT2D eigenvalue weighted by molar-refractivity contribution is 0.396. The van der Waals surface area contributed by atoms with Crippen LogP contribution in [0.15, 0.2) is 18.2 Å². The first kappa shape index (κ1) is 13.6. The normalized spacial score (nSPS) is 20.3. The van der Waals surface area contributed by atoms with Gasteiger partial charge in [0.1, 0.15) is 5.82 Å². The van der Waals surface area contributed by atoms with Crippen LogP contribution < -0.4 is 4.90 Å². The lowest BCUT2D eigenvalue weighted by Crippen LogP contribution is -2.27. The Kier molecular flexibility index (Phi) is 4.46. The Labute approximate surface area is 113 Å². The molecule has 0 bridgehead atoms. The molecule has 0 radical (unpaired) electrons. The van der Waals surface area contributed by atoms with Gasteiger partial charge in [-0.05, 0) is 49.7 Å². The van der Waals surface area contributed by atoms with Crippen LogP contribution in [0.5, 0.6) is 0 Å². The highest BCUT2D eigenvalue weighted by atomic mass is 35.5. The third-order valence-corrected chi connectivity index (χ3v) is 3.87. The zero-order valence-corrected chi connectivity index (χ0v) is 11.8. The SMILES string of the molecule is CN1CCC(CN(C)c2cc(F)cc(CCl)c2)C1. The molecule has 2 rings (SSSR count). The zero-order valence-electron chi connectivity index (χ0n) is 11.0. The third-order valence-electron chi connectivity index (χ3n) is 3.56. The van der Waals surface area contributed by atoms with Crippen molar-refractivity contribution in [1.82, 2.24) is 4.90 Å². The molecule has 1 aromatic rings. The molecule has 0 spiro atoms. The summed E-state index contributed by atoms with van der Waals surface area (Å²) >= 11 is 5.77. The van der Waals surface area contributed by atoms with Gasteiger partial charge in [-0.3, -0.25) is 0 Å². The molecule has 1 saturated heterocycles. The molecule has 4 heteroatoms. The standard InChI is InChI=1S/C14H20ClFN2/c1-17-4-3-11(9-17)10-18(2)14-6-12(8-15)5-13(16)7-14/h5-7,11H,3-4,8-10H2,1-2H3. The first-order valence-corrected chi connectivity index (χ1v) is 6.87. The molecule has 0 aliphatic carbocycles. The van der Waals surface area contributed by atoms with E-state index in [1.54, 1.807) is 6.07 Å². The molecule has 2 nitrogen and oxygen atoms in total.